The number of piperidine rings is 1. The molecule has 0 bridgehead atoms. The zero-order valence-corrected chi connectivity index (χ0v) is 16.1. The highest BCUT2D eigenvalue weighted by atomic mass is 35.5. The van der Waals surface area contributed by atoms with E-state index in [1.807, 2.05) is 11.9 Å². The number of halogens is 1. The Hall–Kier alpha value is -2.19. The van der Waals surface area contributed by atoms with Crippen molar-refractivity contribution in [2.75, 3.05) is 41.0 Å². The summed E-state index contributed by atoms with van der Waals surface area (Å²) in [6, 6.07) is 3.47. The molecule has 1 aromatic carbocycles. The second-order valence-corrected chi connectivity index (χ2v) is 5.84. The number of ether oxygens (including phenoxy) is 3. The Bertz CT molecular complexity index is 616. The quantitative estimate of drug-likeness (QED) is 0.717. The van der Waals surface area contributed by atoms with Crippen molar-refractivity contribution in [1.29, 1.82) is 0 Å². The Morgan fingerprint density at radius 2 is 1.88 bits per heavy atom. The van der Waals surface area contributed by atoms with Gasteiger partial charge in [0.05, 0.1) is 14.2 Å². The summed E-state index contributed by atoms with van der Waals surface area (Å²) in [5, 5.41) is 3.21. The number of likely N-dealkylation sites (tertiary alicyclic amines) is 1. The summed E-state index contributed by atoms with van der Waals surface area (Å²) in [4.78, 5) is 25.6. The smallest absolute Gasteiger partial charge is 0.255 e. The lowest BCUT2D eigenvalue weighted by molar-refractivity contribution is -0.120. The second kappa shape index (κ2) is 10.1. The van der Waals surface area contributed by atoms with Crippen LogP contribution in [0.3, 0.4) is 0 Å². The molecule has 1 atom stereocenters. The highest BCUT2D eigenvalue weighted by Gasteiger charge is 2.26. The normalized spacial score (nSPS) is 16.4. The molecule has 1 aliphatic heterocycles. The van der Waals surface area contributed by atoms with Crippen LogP contribution in [-0.4, -0.2) is 63.7 Å². The Labute approximate surface area is 159 Å². The van der Waals surface area contributed by atoms with E-state index in [0.29, 0.717) is 36.2 Å². The van der Waals surface area contributed by atoms with Gasteiger partial charge in [-0.1, -0.05) is 0 Å². The summed E-state index contributed by atoms with van der Waals surface area (Å²) in [5.74, 6) is 0.151. The molecule has 0 radical (unpaired) electrons. The van der Waals surface area contributed by atoms with Crippen molar-refractivity contribution < 1.29 is 23.8 Å². The zero-order valence-electron chi connectivity index (χ0n) is 15.2. The molecule has 1 aliphatic rings. The van der Waals surface area contributed by atoms with Gasteiger partial charge in [-0.05, 0) is 32.0 Å². The SMILES string of the molecule is CNC1CCCN(C(=O)c2cc(OC)c(OCC(N)=O)c(OC)c2)C1.Cl. The second-order valence-electron chi connectivity index (χ2n) is 5.84. The molecular weight excluding hydrogens is 362 g/mol. The topological polar surface area (TPSA) is 103 Å². The first-order chi connectivity index (χ1) is 12.0. The number of rotatable bonds is 7. The summed E-state index contributed by atoms with van der Waals surface area (Å²) in [7, 11) is 4.81. The van der Waals surface area contributed by atoms with Gasteiger partial charge in [-0.2, -0.15) is 0 Å². The van der Waals surface area contributed by atoms with Crippen LogP contribution in [-0.2, 0) is 4.79 Å². The van der Waals surface area contributed by atoms with E-state index >= 15 is 0 Å². The van der Waals surface area contributed by atoms with Gasteiger partial charge in [-0.25, -0.2) is 0 Å². The Balaban J connectivity index is 0.00000338. The maximum Gasteiger partial charge on any atom is 0.255 e. The molecule has 1 heterocycles. The van der Waals surface area contributed by atoms with E-state index in [9.17, 15) is 9.59 Å². The van der Waals surface area contributed by atoms with Crippen LogP contribution in [0, 0.1) is 0 Å². The molecule has 1 fully saturated rings. The van der Waals surface area contributed by atoms with Crippen molar-refractivity contribution in [2.45, 2.75) is 18.9 Å². The largest absolute Gasteiger partial charge is 0.493 e. The molecule has 1 aromatic rings. The van der Waals surface area contributed by atoms with Crippen LogP contribution in [0.15, 0.2) is 12.1 Å². The van der Waals surface area contributed by atoms with Crippen LogP contribution in [0.1, 0.15) is 23.2 Å². The summed E-state index contributed by atoms with van der Waals surface area (Å²) in [5.41, 5.74) is 5.55. The third-order valence-corrected chi connectivity index (χ3v) is 4.18. The highest BCUT2D eigenvalue weighted by molar-refractivity contribution is 5.95. The predicted octanol–water partition coefficient (Wildman–Crippen LogP) is 0.814. The molecule has 0 spiro atoms. The predicted molar refractivity (Wildman–Crippen MR) is 99.5 cm³/mol. The summed E-state index contributed by atoms with van der Waals surface area (Å²) in [6.45, 7) is 1.05. The van der Waals surface area contributed by atoms with Gasteiger partial charge >= 0.3 is 0 Å². The standard InChI is InChI=1S/C17H25N3O5.ClH/c1-19-12-5-4-6-20(9-12)17(22)11-7-13(23-2)16(14(8-11)24-3)25-10-15(18)21;/h7-8,12,19H,4-6,9-10H2,1-3H3,(H2,18,21);1H. The Kier molecular flexibility index (Phi) is 8.47. The molecule has 0 aromatic heterocycles. The molecular formula is C17H26ClN3O5. The van der Waals surface area contributed by atoms with Crippen molar-refractivity contribution in [3.05, 3.63) is 17.7 Å². The molecule has 3 N–H and O–H groups in total. The van der Waals surface area contributed by atoms with Gasteiger partial charge < -0.3 is 30.2 Å². The third kappa shape index (κ3) is 5.15. The number of likely N-dealkylation sites (N-methyl/N-ethyl adjacent to an activating group) is 1. The minimum absolute atomic E-state index is 0. The van der Waals surface area contributed by atoms with Gasteiger partial charge in [0.2, 0.25) is 5.75 Å². The molecule has 146 valence electrons. The van der Waals surface area contributed by atoms with Crippen molar-refractivity contribution in [3.8, 4) is 17.2 Å². The van der Waals surface area contributed by atoms with E-state index in [2.05, 4.69) is 5.32 Å². The van der Waals surface area contributed by atoms with Crippen LogP contribution in [0.25, 0.3) is 0 Å². The Morgan fingerprint density at radius 3 is 2.38 bits per heavy atom. The van der Waals surface area contributed by atoms with E-state index in [-0.39, 0.29) is 30.7 Å². The van der Waals surface area contributed by atoms with Gasteiger partial charge in [-0.3, -0.25) is 9.59 Å². The highest BCUT2D eigenvalue weighted by Crippen LogP contribution is 2.39. The van der Waals surface area contributed by atoms with Crippen molar-refractivity contribution in [3.63, 3.8) is 0 Å². The summed E-state index contributed by atoms with van der Waals surface area (Å²) >= 11 is 0. The summed E-state index contributed by atoms with van der Waals surface area (Å²) in [6.07, 6.45) is 2.00. The van der Waals surface area contributed by atoms with Crippen molar-refractivity contribution in [2.24, 2.45) is 5.73 Å². The third-order valence-electron chi connectivity index (χ3n) is 4.18. The van der Waals surface area contributed by atoms with E-state index < -0.39 is 5.91 Å². The number of benzene rings is 1. The van der Waals surface area contributed by atoms with E-state index in [0.717, 1.165) is 12.8 Å². The number of nitrogens with zero attached hydrogens (tertiary/aromatic N) is 1. The maximum absolute atomic E-state index is 12.8. The molecule has 1 saturated heterocycles. The lowest BCUT2D eigenvalue weighted by Crippen LogP contribution is -2.46. The van der Waals surface area contributed by atoms with Crippen molar-refractivity contribution in [1.82, 2.24) is 10.2 Å². The zero-order chi connectivity index (χ0) is 18.4. The number of hydrogen-bond acceptors (Lipinski definition) is 6. The van der Waals surface area contributed by atoms with E-state index in [4.69, 9.17) is 19.9 Å². The molecule has 2 rings (SSSR count). The molecule has 1 unspecified atom stereocenters. The van der Waals surface area contributed by atoms with Crippen LogP contribution < -0.4 is 25.3 Å². The van der Waals surface area contributed by atoms with Crippen LogP contribution in [0.2, 0.25) is 0 Å². The van der Waals surface area contributed by atoms with Gasteiger partial charge in [0, 0.05) is 24.7 Å². The first-order valence-corrected chi connectivity index (χ1v) is 8.13. The average Bonchev–Trinajstić information content (AvgIpc) is 2.64. The molecule has 26 heavy (non-hydrogen) atoms. The maximum atomic E-state index is 12.8. The first-order valence-electron chi connectivity index (χ1n) is 8.13. The number of hydrogen-bond donors (Lipinski definition) is 2. The monoisotopic (exact) mass is 387 g/mol. The molecule has 2 amide bonds. The molecule has 0 aliphatic carbocycles. The number of carbonyl (C=O) groups is 2. The lowest BCUT2D eigenvalue weighted by Gasteiger charge is -2.32. The van der Waals surface area contributed by atoms with E-state index in [1.54, 1.807) is 12.1 Å². The lowest BCUT2D eigenvalue weighted by atomic mass is 10.0. The van der Waals surface area contributed by atoms with Gasteiger partial charge in [-0.15, -0.1) is 12.4 Å². The molecule has 9 heteroatoms. The fourth-order valence-electron chi connectivity index (χ4n) is 2.87. The number of amides is 2. The minimum atomic E-state index is -0.615. The van der Waals surface area contributed by atoms with E-state index in [1.165, 1.54) is 14.2 Å². The van der Waals surface area contributed by atoms with Crippen molar-refractivity contribution >= 4 is 24.2 Å². The average molecular weight is 388 g/mol. The van der Waals surface area contributed by atoms with Crippen LogP contribution in [0.4, 0.5) is 0 Å². The number of primary amides is 1. The fourth-order valence-corrected chi connectivity index (χ4v) is 2.87. The molecule has 8 nitrogen and oxygen atoms in total. The minimum Gasteiger partial charge on any atom is -0.493 e. The Morgan fingerprint density at radius 1 is 1.27 bits per heavy atom. The summed E-state index contributed by atoms with van der Waals surface area (Å²) < 4.78 is 16.0. The number of methoxy groups -OCH3 is 2. The first kappa shape index (κ1) is 21.9. The van der Waals surface area contributed by atoms with Gasteiger partial charge in [0.1, 0.15) is 0 Å². The molecule has 0 saturated carbocycles. The number of nitrogens with two attached hydrogens (primary N) is 1. The number of carbonyl (C=O) groups excluding carboxylic acids is 2. The van der Waals surface area contributed by atoms with Crippen LogP contribution >= 0.6 is 12.4 Å². The fraction of sp³-hybridized carbons (Fsp3) is 0.529. The van der Waals surface area contributed by atoms with Crippen LogP contribution in [0.5, 0.6) is 17.2 Å². The number of nitrogens with one attached hydrogen (secondary N) is 1. The van der Waals surface area contributed by atoms with Gasteiger partial charge in [0.15, 0.2) is 18.1 Å². The van der Waals surface area contributed by atoms with Gasteiger partial charge in [0.25, 0.3) is 11.8 Å².